The van der Waals surface area contributed by atoms with Crippen LogP contribution in [-0.4, -0.2) is 16.7 Å². The van der Waals surface area contributed by atoms with Crippen molar-refractivity contribution in [3.8, 4) is 34.0 Å². The average Bonchev–Trinajstić information content (AvgIpc) is 3.19. The van der Waals surface area contributed by atoms with Crippen LogP contribution in [0.1, 0.15) is 56.2 Å². The maximum atomic E-state index is 5.58. The third-order valence-corrected chi connectivity index (χ3v) is 6.39. The number of aromatic nitrogens is 3. The number of methoxy groups -OCH3 is 1. The molecule has 170 valence electrons. The van der Waals surface area contributed by atoms with Gasteiger partial charge in [0.25, 0.3) is 5.82 Å². The number of hydrogen-bond acceptors (Lipinski definition) is 2. The molecule has 0 aliphatic carbocycles. The Morgan fingerprint density at radius 1 is 0.909 bits per heavy atom. The standard InChI is InChI=1S/C29H34N3O/c1-19(2)24-15-23(22-11-9-8-10-12-22)16-25(20(3)4)28(24)32-14-13-31(6)29(32)26-17-30-18-27(33-7)21(26)5/h8-20H,1-7H3/q+1. The Balaban J connectivity index is 2.03. The predicted molar refractivity (Wildman–Crippen MR) is 135 cm³/mol. The fourth-order valence-electron chi connectivity index (χ4n) is 4.55. The molecule has 0 amide bonds. The minimum absolute atomic E-state index is 0.367. The normalized spacial score (nSPS) is 11.4. The van der Waals surface area contributed by atoms with E-state index in [1.54, 1.807) is 13.3 Å². The second-order valence-corrected chi connectivity index (χ2v) is 9.30. The highest BCUT2D eigenvalue weighted by Crippen LogP contribution is 2.38. The summed E-state index contributed by atoms with van der Waals surface area (Å²) in [5, 5.41) is 0. The Bertz CT molecular complexity index is 1240. The molecule has 0 radical (unpaired) electrons. The van der Waals surface area contributed by atoms with Gasteiger partial charge < -0.3 is 4.74 Å². The number of ether oxygens (including phenoxy) is 1. The predicted octanol–water partition coefficient (Wildman–Crippen LogP) is 6.59. The molecule has 4 rings (SSSR count). The van der Waals surface area contributed by atoms with E-state index in [4.69, 9.17) is 4.74 Å². The number of hydrogen-bond donors (Lipinski definition) is 0. The number of aryl methyl sites for hydroxylation is 1. The highest BCUT2D eigenvalue weighted by Gasteiger charge is 2.28. The van der Waals surface area contributed by atoms with Gasteiger partial charge in [0, 0.05) is 22.9 Å². The van der Waals surface area contributed by atoms with E-state index >= 15 is 0 Å². The van der Waals surface area contributed by atoms with Crippen molar-refractivity contribution in [3.05, 3.63) is 83.9 Å². The second kappa shape index (κ2) is 9.22. The molecule has 0 fully saturated rings. The largest absolute Gasteiger partial charge is 0.495 e. The summed E-state index contributed by atoms with van der Waals surface area (Å²) in [5.41, 5.74) is 8.61. The van der Waals surface area contributed by atoms with Gasteiger partial charge in [-0.2, -0.15) is 4.57 Å². The smallest absolute Gasteiger partial charge is 0.295 e. The number of imidazole rings is 1. The number of rotatable bonds is 6. The first-order valence-corrected chi connectivity index (χ1v) is 11.6. The Morgan fingerprint density at radius 2 is 1.55 bits per heavy atom. The fourth-order valence-corrected chi connectivity index (χ4v) is 4.55. The number of pyridine rings is 1. The van der Waals surface area contributed by atoms with Crippen molar-refractivity contribution in [2.45, 2.75) is 46.5 Å². The summed E-state index contributed by atoms with van der Waals surface area (Å²) in [5.74, 6) is 2.63. The minimum atomic E-state index is 0.367. The number of nitrogens with zero attached hydrogens (tertiary/aromatic N) is 3. The van der Waals surface area contributed by atoms with Gasteiger partial charge in [-0.05, 0) is 42.0 Å². The van der Waals surface area contributed by atoms with E-state index in [9.17, 15) is 0 Å². The van der Waals surface area contributed by atoms with Gasteiger partial charge in [0.05, 0.1) is 25.9 Å². The van der Waals surface area contributed by atoms with Crippen LogP contribution in [0.4, 0.5) is 0 Å². The lowest BCUT2D eigenvalue weighted by atomic mass is 9.88. The molecular weight excluding hydrogens is 406 g/mol. The molecule has 4 aromatic rings. The molecule has 4 heteroatoms. The van der Waals surface area contributed by atoms with Crippen LogP contribution in [0.25, 0.3) is 28.2 Å². The van der Waals surface area contributed by atoms with Crippen molar-refractivity contribution in [3.63, 3.8) is 0 Å². The van der Waals surface area contributed by atoms with E-state index in [0.717, 1.165) is 22.7 Å². The van der Waals surface area contributed by atoms with Crippen LogP contribution in [-0.2, 0) is 7.05 Å². The molecule has 2 aromatic heterocycles. The fraction of sp³-hybridized carbons (Fsp3) is 0.310. The summed E-state index contributed by atoms with van der Waals surface area (Å²) in [4.78, 5) is 4.47. The van der Waals surface area contributed by atoms with Gasteiger partial charge in [-0.25, -0.2) is 4.57 Å². The maximum absolute atomic E-state index is 5.58. The summed E-state index contributed by atoms with van der Waals surface area (Å²) >= 11 is 0. The Kier molecular flexibility index (Phi) is 6.37. The van der Waals surface area contributed by atoms with Crippen LogP contribution >= 0.6 is 0 Å². The molecule has 0 aliphatic heterocycles. The number of benzene rings is 2. The van der Waals surface area contributed by atoms with Gasteiger partial charge in [-0.15, -0.1) is 0 Å². The topological polar surface area (TPSA) is 30.9 Å². The van der Waals surface area contributed by atoms with Crippen molar-refractivity contribution in [1.29, 1.82) is 0 Å². The van der Waals surface area contributed by atoms with E-state index in [0.29, 0.717) is 11.8 Å². The quantitative estimate of drug-likeness (QED) is 0.317. The molecule has 0 aliphatic rings. The van der Waals surface area contributed by atoms with Crippen LogP contribution in [0.5, 0.6) is 5.75 Å². The molecule has 0 spiro atoms. The van der Waals surface area contributed by atoms with Crippen molar-refractivity contribution >= 4 is 0 Å². The second-order valence-electron chi connectivity index (χ2n) is 9.30. The Labute approximate surface area is 197 Å². The van der Waals surface area contributed by atoms with Crippen molar-refractivity contribution in [2.24, 2.45) is 7.05 Å². The summed E-state index contributed by atoms with van der Waals surface area (Å²) in [6, 6.07) is 15.4. The van der Waals surface area contributed by atoms with E-state index in [1.165, 1.54) is 27.9 Å². The Morgan fingerprint density at radius 3 is 2.12 bits per heavy atom. The van der Waals surface area contributed by atoms with Crippen LogP contribution in [0.15, 0.2) is 67.3 Å². The molecule has 0 N–H and O–H groups in total. The third-order valence-electron chi connectivity index (χ3n) is 6.39. The van der Waals surface area contributed by atoms with Crippen LogP contribution in [0.2, 0.25) is 0 Å². The monoisotopic (exact) mass is 440 g/mol. The minimum Gasteiger partial charge on any atom is -0.495 e. The maximum Gasteiger partial charge on any atom is 0.295 e. The molecule has 0 saturated heterocycles. The zero-order valence-corrected chi connectivity index (χ0v) is 20.8. The van der Waals surface area contributed by atoms with Crippen molar-refractivity contribution in [1.82, 2.24) is 9.55 Å². The van der Waals surface area contributed by atoms with E-state index in [-0.39, 0.29) is 0 Å². The SMILES string of the molecule is COc1cncc(-c2n(-c3c(C(C)C)cc(-c4ccccc4)cc3C(C)C)cc[n+]2C)c1C. The van der Waals surface area contributed by atoms with E-state index in [1.807, 2.05) is 6.20 Å². The molecule has 4 nitrogen and oxygen atoms in total. The van der Waals surface area contributed by atoms with Crippen molar-refractivity contribution in [2.75, 3.05) is 7.11 Å². The van der Waals surface area contributed by atoms with Gasteiger partial charge in [0.15, 0.2) is 0 Å². The van der Waals surface area contributed by atoms with E-state index < -0.39 is 0 Å². The van der Waals surface area contributed by atoms with Gasteiger partial charge in [0.1, 0.15) is 23.8 Å². The molecule has 2 heterocycles. The molecule has 0 saturated carbocycles. The first kappa shape index (κ1) is 22.8. The van der Waals surface area contributed by atoms with Crippen LogP contribution in [0.3, 0.4) is 0 Å². The highest BCUT2D eigenvalue weighted by atomic mass is 16.5. The summed E-state index contributed by atoms with van der Waals surface area (Å²) in [6.45, 7) is 11.2. The van der Waals surface area contributed by atoms with Crippen LogP contribution in [0, 0.1) is 6.92 Å². The molecule has 0 atom stereocenters. The molecule has 33 heavy (non-hydrogen) atoms. The molecule has 2 aromatic carbocycles. The lowest BCUT2D eigenvalue weighted by Crippen LogP contribution is -2.29. The summed E-state index contributed by atoms with van der Waals surface area (Å²) in [7, 11) is 3.79. The molecule has 0 bridgehead atoms. The first-order chi connectivity index (χ1) is 15.8. The van der Waals surface area contributed by atoms with Gasteiger partial charge >= 0.3 is 0 Å². The molecular formula is C29H34N3O+. The Hall–Kier alpha value is -3.40. The molecule has 0 unspecified atom stereocenters. The lowest BCUT2D eigenvalue weighted by molar-refractivity contribution is -0.659. The van der Waals surface area contributed by atoms with Gasteiger partial charge in [-0.3, -0.25) is 4.98 Å². The zero-order chi connectivity index (χ0) is 23.7. The van der Waals surface area contributed by atoms with Crippen LogP contribution < -0.4 is 9.30 Å². The van der Waals surface area contributed by atoms with Crippen molar-refractivity contribution < 1.29 is 9.30 Å². The first-order valence-electron chi connectivity index (χ1n) is 11.6. The summed E-state index contributed by atoms with van der Waals surface area (Å²) in [6.07, 6.45) is 8.00. The van der Waals surface area contributed by atoms with E-state index in [2.05, 4.69) is 111 Å². The van der Waals surface area contributed by atoms with Gasteiger partial charge in [0.2, 0.25) is 0 Å². The average molecular weight is 441 g/mol. The summed E-state index contributed by atoms with van der Waals surface area (Å²) < 4.78 is 10.1. The lowest BCUT2D eigenvalue weighted by Gasteiger charge is -2.20. The highest BCUT2D eigenvalue weighted by molar-refractivity contribution is 5.71. The zero-order valence-electron chi connectivity index (χ0n) is 20.8. The third kappa shape index (κ3) is 4.18. The van der Waals surface area contributed by atoms with Gasteiger partial charge in [-0.1, -0.05) is 58.0 Å².